The Morgan fingerprint density at radius 2 is 1.79 bits per heavy atom. The van der Waals surface area contributed by atoms with E-state index in [9.17, 15) is 14.7 Å². The predicted molar refractivity (Wildman–Crippen MR) is 126 cm³/mol. The van der Waals surface area contributed by atoms with E-state index < -0.39 is 17.9 Å². The van der Waals surface area contributed by atoms with Crippen LogP contribution in [-0.4, -0.2) is 67.4 Å². The van der Waals surface area contributed by atoms with E-state index in [1.165, 1.54) is 0 Å². The molecule has 8 nitrogen and oxygen atoms in total. The number of carbonyl (C=O) groups is 2. The second-order valence-corrected chi connectivity index (χ2v) is 9.40. The molecule has 34 heavy (non-hydrogen) atoms. The van der Waals surface area contributed by atoms with Crippen molar-refractivity contribution in [2.24, 2.45) is 11.8 Å². The van der Waals surface area contributed by atoms with Gasteiger partial charge in [-0.05, 0) is 41.3 Å². The van der Waals surface area contributed by atoms with Crippen molar-refractivity contribution in [3.8, 4) is 17.2 Å². The molecule has 1 saturated heterocycles. The van der Waals surface area contributed by atoms with Crippen LogP contribution in [0.5, 0.6) is 17.2 Å². The summed E-state index contributed by atoms with van der Waals surface area (Å²) in [6.07, 6.45) is 0. The minimum absolute atomic E-state index is 0.0253. The van der Waals surface area contributed by atoms with Crippen LogP contribution in [0.15, 0.2) is 42.5 Å². The Morgan fingerprint density at radius 3 is 2.44 bits per heavy atom. The van der Waals surface area contributed by atoms with E-state index in [0.717, 1.165) is 11.1 Å². The second kappa shape index (κ2) is 9.93. The van der Waals surface area contributed by atoms with Crippen LogP contribution in [0.3, 0.4) is 0 Å². The first-order valence-electron chi connectivity index (χ1n) is 11.5. The fourth-order valence-electron chi connectivity index (χ4n) is 5.02. The van der Waals surface area contributed by atoms with Gasteiger partial charge in [0, 0.05) is 32.1 Å². The third kappa shape index (κ3) is 4.82. The van der Waals surface area contributed by atoms with Gasteiger partial charge >= 0.3 is 5.97 Å². The third-order valence-electron chi connectivity index (χ3n) is 6.57. The molecular formula is C26H32N2O6. The van der Waals surface area contributed by atoms with Crippen molar-refractivity contribution in [1.29, 1.82) is 0 Å². The van der Waals surface area contributed by atoms with Gasteiger partial charge in [-0.1, -0.05) is 32.0 Å². The van der Waals surface area contributed by atoms with E-state index >= 15 is 0 Å². The average Bonchev–Trinajstić information content (AvgIpc) is 3.42. The summed E-state index contributed by atoms with van der Waals surface area (Å²) in [6, 6.07) is 12.5. The summed E-state index contributed by atoms with van der Waals surface area (Å²) in [7, 11) is 3.39. The van der Waals surface area contributed by atoms with Gasteiger partial charge < -0.3 is 24.2 Å². The molecule has 0 radical (unpaired) electrons. The smallest absolute Gasteiger partial charge is 0.309 e. The van der Waals surface area contributed by atoms with Crippen LogP contribution >= 0.6 is 0 Å². The number of hydrogen-bond donors (Lipinski definition) is 1. The highest BCUT2D eigenvalue weighted by molar-refractivity contribution is 5.79. The number of benzene rings is 2. The molecule has 8 heteroatoms. The van der Waals surface area contributed by atoms with E-state index in [2.05, 4.69) is 13.8 Å². The number of fused-ring (bicyclic) bond motifs is 1. The number of likely N-dealkylation sites (N-methyl/N-ethyl adjacent to an activating group) is 1. The number of methoxy groups -OCH3 is 1. The summed E-state index contributed by atoms with van der Waals surface area (Å²) >= 11 is 0. The number of rotatable bonds is 8. The first kappa shape index (κ1) is 23.9. The lowest BCUT2D eigenvalue weighted by molar-refractivity contribution is -0.143. The summed E-state index contributed by atoms with van der Waals surface area (Å²) in [5.74, 6) is 0.339. The van der Waals surface area contributed by atoms with E-state index in [0.29, 0.717) is 36.3 Å². The van der Waals surface area contributed by atoms with Gasteiger partial charge in [-0.3, -0.25) is 14.5 Å². The van der Waals surface area contributed by atoms with Crippen molar-refractivity contribution < 1.29 is 28.9 Å². The number of likely N-dealkylation sites (tertiary alicyclic amines) is 1. The molecule has 2 aliphatic heterocycles. The second-order valence-electron chi connectivity index (χ2n) is 9.40. The van der Waals surface area contributed by atoms with E-state index in [1.54, 1.807) is 19.1 Å². The molecular weight excluding hydrogens is 436 g/mol. The van der Waals surface area contributed by atoms with Crippen LogP contribution in [-0.2, 0) is 9.59 Å². The summed E-state index contributed by atoms with van der Waals surface area (Å²) in [5.41, 5.74) is 1.71. The molecule has 0 spiro atoms. The fourth-order valence-corrected chi connectivity index (χ4v) is 5.02. The lowest BCUT2D eigenvalue weighted by atomic mass is 9.82. The first-order chi connectivity index (χ1) is 16.3. The predicted octanol–water partition coefficient (Wildman–Crippen LogP) is 3.38. The quantitative estimate of drug-likeness (QED) is 0.635. The normalized spacial score (nSPS) is 21.6. The van der Waals surface area contributed by atoms with Crippen molar-refractivity contribution >= 4 is 11.9 Å². The number of carbonyl (C=O) groups excluding carboxylic acids is 1. The summed E-state index contributed by atoms with van der Waals surface area (Å²) in [5, 5.41) is 10.3. The molecule has 2 aromatic carbocycles. The monoisotopic (exact) mass is 468 g/mol. The molecule has 1 N–H and O–H groups in total. The van der Waals surface area contributed by atoms with Crippen LogP contribution in [0.25, 0.3) is 0 Å². The Hall–Kier alpha value is -3.26. The van der Waals surface area contributed by atoms with Crippen LogP contribution in [0.4, 0.5) is 0 Å². The molecule has 0 saturated carbocycles. The van der Waals surface area contributed by atoms with Gasteiger partial charge in [-0.2, -0.15) is 0 Å². The van der Waals surface area contributed by atoms with Gasteiger partial charge in [-0.15, -0.1) is 0 Å². The zero-order valence-electron chi connectivity index (χ0n) is 20.1. The summed E-state index contributed by atoms with van der Waals surface area (Å²) < 4.78 is 16.2. The molecule has 1 amide bonds. The number of carboxylic acid groups (broad SMARTS) is 1. The summed E-state index contributed by atoms with van der Waals surface area (Å²) in [6.45, 7) is 5.52. The fraction of sp³-hybridized carbons (Fsp3) is 0.462. The largest absolute Gasteiger partial charge is 0.497 e. The Balaban J connectivity index is 1.69. The highest BCUT2D eigenvalue weighted by Crippen LogP contribution is 2.47. The van der Waals surface area contributed by atoms with Crippen LogP contribution < -0.4 is 14.2 Å². The molecule has 0 aliphatic carbocycles. The molecule has 182 valence electrons. The molecule has 2 aromatic rings. The van der Waals surface area contributed by atoms with Crippen molar-refractivity contribution in [3.05, 3.63) is 53.6 Å². The van der Waals surface area contributed by atoms with Crippen LogP contribution in [0.2, 0.25) is 0 Å². The summed E-state index contributed by atoms with van der Waals surface area (Å²) in [4.78, 5) is 29.4. The Kier molecular flexibility index (Phi) is 6.97. The van der Waals surface area contributed by atoms with Gasteiger partial charge in [0.25, 0.3) is 0 Å². The van der Waals surface area contributed by atoms with E-state index in [-0.39, 0.29) is 25.2 Å². The molecule has 2 aliphatic rings. The van der Waals surface area contributed by atoms with Crippen molar-refractivity contribution in [3.63, 3.8) is 0 Å². The maximum atomic E-state index is 13.1. The number of aliphatic carboxylic acids is 1. The van der Waals surface area contributed by atoms with Gasteiger partial charge in [0.2, 0.25) is 12.7 Å². The molecule has 0 aromatic heterocycles. The molecule has 1 fully saturated rings. The first-order valence-corrected chi connectivity index (χ1v) is 11.5. The minimum atomic E-state index is -0.894. The molecule has 2 heterocycles. The maximum Gasteiger partial charge on any atom is 0.309 e. The van der Waals surface area contributed by atoms with E-state index in [1.807, 2.05) is 47.4 Å². The maximum absolute atomic E-state index is 13.1. The van der Waals surface area contributed by atoms with Crippen molar-refractivity contribution in [2.75, 3.05) is 40.6 Å². The van der Waals surface area contributed by atoms with Gasteiger partial charge in [0.15, 0.2) is 11.5 Å². The number of nitrogens with zero attached hydrogens (tertiary/aromatic N) is 2. The number of ether oxygens (including phenoxy) is 3. The lowest BCUT2D eigenvalue weighted by Crippen LogP contribution is -2.40. The van der Waals surface area contributed by atoms with Crippen LogP contribution in [0.1, 0.15) is 36.9 Å². The molecule has 4 rings (SSSR count). The van der Waals surface area contributed by atoms with E-state index in [4.69, 9.17) is 14.2 Å². The molecule has 3 atom stereocenters. The van der Waals surface area contributed by atoms with Crippen LogP contribution in [0, 0.1) is 11.8 Å². The highest BCUT2D eigenvalue weighted by Gasteiger charge is 2.48. The number of carboxylic acids is 1. The van der Waals surface area contributed by atoms with Gasteiger partial charge in [0.1, 0.15) is 5.75 Å². The van der Waals surface area contributed by atoms with Crippen molar-refractivity contribution in [2.45, 2.75) is 25.8 Å². The Labute approximate surface area is 200 Å². The Bertz CT molecular complexity index is 1040. The highest BCUT2D eigenvalue weighted by atomic mass is 16.7. The van der Waals surface area contributed by atoms with Gasteiger partial charge in [0.05, 0.1) is 19.6 Å². The van der Waals surface area contributed by atoms with Crippen molar-refractivity contribution in [1.82, 2.24) is 9.80 Å². The number of amides is 1. The minimum Gasteiger partial charge on any atom is -0.497 e. The topological polar surface area (TPSA) is 88.5 Å². The van der Waals surface area contributed by atoms with Gasteiger partial charge in [-0.25, -0.2) is 0 Å². The molecule has 0 bridgehead atoms. The number of hydrogen-bond acceptors (Lipinski definition) is 6. The third-order valence-corrected chi connectivity index (χ3v) is 6.57. The SMILES string of the molecule is COc1ccc([C@@H]2[C@@H](C(=O)O)[C@@H](c3ccc4c(c3)OCO4)CN2CC(=O)N(C)CC(C)C)cc1. The average molecular weight is 469 g/mol. The lowest BCUT2D eigenvalue weighted by Gasteiger charge is -2.29. The zero-order valence-corrected chi connectivity index (χ0v) is 20.1. The zero-order chi connectivity index (χ0) is 24.4. The molecule has 0 unspecified atom stereocenters. The standard InChI is InChI=1S/C26H32N2O6/c1-16(2)12-27(3)23(29)14-28-13-20(18-7-10-21-22(11-18)34-15-33-21)24(26(30)31)25(28)17-5-8-19(32-4)9-6-17/h5-11,16,20,24-25H,12-15H2,1-4H3,(H,30,31)/t20-,24+,25-/m1/s1. The Morgan fingerprint density at radius 1 is 1.12 bits per heavy atom.